The van der Waals surface area contributed by atoms with Crippen molar-refractivity contribution in [2.45, 2.75) is 0 Å². The molecule has 0 aromatic heterocycles. The maximum Gasteiger partial charge on any atom is 0.283 e. The Labute approximate surface area is 51.1 Å². The van der Waals surface area contributed by atoms with E-state index in [0.29, 0.717) is 0 Å². The molecule has 0 amide bonds. The zero-order valence-corrected chi connectivity index (χ0v) is 4.03. The molecule has 2 N–H and O–H groups in total. The monoisotopic (exact) mass is 149 g/mol. The molecule has 0 atom stereocenters. The number of aliphatic hydroxyl groups is 2. The minimum atomic E-state index is 0. The molecule has 1 radical (unpaired) electrons. The van der Waals surface area contributed by atoms with Gasteiger partial charge in [-0.05, 0) is 0 Å². The van der Waals surface area contributed by atoms with Crippen molar-refractivity contribution in [1.29, 1.82) is 10.5 Å². The molecule has 7 heavy (non-hydrogen) atoms. The summed E-state index contributed by atoms with van der Waals surface area (Å²) in [5.41, 5.74) is 0. The van der Waals surface area contributed by atoms with Crippen LogP contribution in [0.2, 0.25) is 0 Å². The summed E-state index contributed by atoms with van der Waals surface area (Å²) in [5.74, 6) is 0. The number of hydrogen-bond acceptors (Lipinski definition) is 4. The minimum Gasteiger partial charge on any atom is -0.443 e. The van der Waals surface area contributed by atoms with Crippen molar-refractivity contribution in [2.75, 3.05) is 0 Å². The van der Waals surface area contributed by atoms with Crippen molar-refractivity contribution in [2.24, 2.45) is 0 Å². The topological polar surface area (TPSA) is 88.0 Å². The minimum absolute atomic E-state index is 0. The Kier molecular flexibility index (Phi) is 167. The van der Waals surface area contributed by atoms with E-state index in [9.17, 15) is 0 Å². The van der Waals surface area contributed by atoms with Crippen LogP contribution in [0.1, 0.15) is 0 Å². The van der Waals surface area contributed by atoms with Gasteiger partial charge in [0.25, 0.3) is 12.5 Å². The van der Waals surface area contributed by atoms with Crippen LogP contribution in [0.3, 0.4) is 0 Å². The van der Waals surface area contributed by atoms with Crippen molar-refractivity contribution < 1.29 is 27.3 Å². The van der Waals surface area contributed by atoms with Crippen molar-refractivity contribution in [3.8, 4) is 12.5 Å². The number of hydrogen-bond donors (Lipinski definition) is 2. The molecule has 0 heterocycles. The second-order valence-corrected chi connectivity index (χ2v) is 0.200. The molecule has 0 saturated heterocycles. The molecule has 0 aliphatic carbocycles. The maximum atomic E-state index is 6.88. The van der Waals surface area contributed by atoms with Gasteiger partial charge in [-0.15, -0.1) is 0 Å². The third kappa shape index (κ3) is 60.4. The zero-order valence-electron chi connectivity index (χ0n) is 3.09. The van der Waals surface area contributed by atoms with Crippen LogP contribution in [-0.4, -0.2) is 10.2 Å². The third-order valence-corrected chi connectivity index (χ3v) is 0. The van der Waals surface area contributed by atoms with Crippen LogP contribution in [0, 0.1) is 23.0 Å². The fourth-order valence-corrected chi connectivity index (χ4v) is 0. The summed E-state index contributed by atoms with van der Waals surface area (Å²) >= 11 is 0. The second kappa shape index (κ2) is 70.9. The maximum absolute atomic E-state index is 6.88. The van der Waals surface area contributed by atoms with Gasteiger partial charge in [0.2, 0.25) is 0 Å². The van der Waals surface area contributed by atoms with Crippen LogP contribution in [0.25, 0.3) is 0 Å². The summed E-state index contributed by atoms with van der Waals surface area (Å²) in [6, 6.07) is 0. The summed E-state index contributed by atoms with van der Waals surface area (Å²) in [6.45, 7) is 0. The number of rotatable bonds is 0. The largest absolute Gasteiger partial charge is 0.443 e. The standard InChI is InChI=1S/2CHNO.Cu/c2*2-1-3;/h2*3H;. The van der Waals surface area contributed by atoms with Gasteiger partial charge in [-0.3, -0.25) is 0 Å². The van der Waals surface area contributed by atoms with Crippen molar-refractivity contribution in [1.82, 2.24) is 0 Å². The van der Waals surface area contributed by atoms with E-state index in [4.69, 9.17) is 20.7 Å². The summed E-state index contributed by atoms with van der Waals surface area (Å²) in [6.07, 6.45) is 1.50. The van der Waals surface area contributed by atoms with Crippen molar-refractivity contribution >= 4 is 0 Å². The summed E-state index contributed by atoms with van der Waals surface area (Å²) in [4.78, 5) is 0. The Morgan fingerprint density at radius 3 is 1.00 bits per heavy atom. The fraction of sp³-hybridized carbons (Fsp3) is 0. The van der Waals surface area contributed by atoms with E-state index in [2.05, 4.69) is 0 Å². The molecule has 0 aliphatic rings. The molecule has 4 nitrogen and oxygen atoms in total. The predicted molar refractivity (Wildman–Crippen MR) is 15.1 cm³/mol. The normalized spacial score (nSPS) is 2.00. The van der Waals surface area contributed by atoms with Crippen molar-refractivity contribution in [3.63, 3.8) is 0 Å². The molecule has 0 saturated carbocycles. The quantitative estimate of drug-likeness (QED) is 0.365. The van der Waals surface area contributed by atoms with Gasteiger partial charge >= 0.3 is 0 Å². The molecular formula is C2H2CuN2O2. The summed E-state index contributed by atoms with van der Waals surface area (Å²) < 4.78 is 0. The fourth-order valence-electron chi connectivity index (χ4n) is 0. The first-order valence-electron chi connectivity index (χ1n) is 0.894. The smallest absolute Gasteiger partial charge is 0.283 e. The van der Waals surface area contributed by atoms with E-state index in [0.717, 1.165) is 12.5 Å². The molecule has 0 spiro atoms. The Morgan fingerprint density at radius 2 is 1.00 bits per heavy atom. The van der Waals surface area contributed by atoms with Crippen molar-refractivity contribution in [3.05, 3.63) is 0 Å². The van der Waals surface area contributed by atoms with E-state index >= 15 is 0 Å². The van der Waals surface area contributed by atoms with E-state index in [1.165, 1.54) is 0 Å². The Hall–Kier alpha value is -0.901. The molecule has 0 bridgehead atoms. The van der Waals surface area contributed by atoms with Gasteiger partial charge in [0.15, 0.2) is 0 Å². The van der Waals surface area contributed by atoms with Crippen LogP contribution in [0.5, 0.6) is 0 Å². The molecule has 0 unspecified atom stereocenters. The van der Waals surface area contributed by atoms with E-state index < -0.39 is 0 Å². The predicted octanol–water partition coefficient (Wildman–Crippen LogP) is -0.323. The van der Waals surface area contributed by atoms with Gasteiger partial charge in [0.05, 0.1) is 0 Å². The van der Waals surface area contributed by atoms with E-state index in [1.807, 2.05) is 0 Å². The first kappa shape index (κ1) is 16.5. The molecule has 0 aromatic carbocycles. The molecule has 0 fully saturated rings. The van der Waals surface area contributed by atoms with E-state index in [1.54, 1.807) is 0 Å². The van der Waals surface area contributed by atoms with Gasteiger partial charge in [0, 0.05) is 17.1 Å². The van der Waals surface area contributed by atoms with Gasteiger partial charge in [0.1, 0.15) is 0 Å². The average molecular weight is 150 g/mol. The van der Waals surface area contributed by atoms with Gasteiger partial charge in [-0.2, -0.15) is 10.5 Å². The van der Waals surface area contributed by atoms with E-state index in [-0.39, 0.29) is 17.1 Å². The van der Waals surface area contributed by atoms with Gasteiger partial charge < -0.3 is 10.2 Å². The Balaban J connectivity index is -0.0000000400. The number of nitrogens with zero attached hydrogens (tertiary/aromatic N) is 2. The molecule has 43 valence electrons. The Bertz CT molecular complexity index is 68.7. The summed E-state index contributed by atoms with van der Waals surface area (Å²) in [7, 11) is 0. The van der Waals surface area contributed by atoms with Gasteiger partial charge in [-0.25, -0.2) is 0 Å². The average Bonchev–Trinajstić information content (AvgIpc) is 1.39. The van der Waals surface area contributed by atoms with Crippen LogP contribution in [0.4, 0.5) is 0 Å². The number of aliphatic hydroxyl groups excluding tert-OH is 2. The van der Waals surface area contributed by atoms with Crippen LogP contribution >= 0.6 is 0 Å². The Morgan fingerprint density at radius 1 is 1.00 bits per heavy atom. The van der Waals surface area contributed by atoms with Crippen LogP contribution < -0.4 is 0 Å². The van der Waals surface area contributed by atoms with Crippen LogP contribution in [-0.2, 0) is 17.1 Å². The number of nitriles is 2. The van der Waals surface area contributed by atoms with Gasteiger partial charge in [-0.1, -0.05) is 0 Å². The third-order valence-electron chi connectivity index (χ3n) is 0. The molecule has 0 aromatic rings. The zero-order chi connectivity index (χ0) is 5.41. The molecule has 0 rings (SSSR count). The first-order chi connectivity index (χ1) is 2.83. The molecular weight excluding hydrogens is 148 g/mol. The first-order valence-corrected chi connectivity index (χ1v) is 0.894. The molecule has 5 heteroatoms. The second-order valence-electron chi connectivity index (χ2n) is 0.200. The SMILES string of the molecule is N#CO.N#CO.[Cu]. The molecule has 0 aliphatic heterocycles. The summed E-state index contributed by atoms with van der Waals surface area (Å²) in [5, 5.41) is 27.5. The van der Waals surface area contributed by atoms with Crippen LogP contribution in [0.15, 0.2) is 0 Å².